The maximum atomic E-state index is 13.1. The second kappa shape index (κ2) is 5.92. The van der Waals surface area contributed by atoms with Crippen molar-refractivity contribution < 1.29 is 19.1 Å². The van der Waals surface area contributed by atoms with E-state index in [-0.39, 0.29) is 24.2 Å². The third-order valence-electron chi connectivity index (χ3n) is 4.97. The molecule has 2 unspecified atom stereocenters. The molecule has 124 valence electrons. The summed E-state index contributed by atoms with van der Waals surface area (Å²) in [5, 5.41) is 13.2. The van der Waals surface area contributed by atoms with Gasteiger partial charge in [0.05, 0.1) is 12.1 Å². The molecule has 2 atom stereocenters. The van der Waals surface area contributed by atoms with Gasteiger partial charge in [-0.1, -0.05) is 12.1 Å². The topological polar surface area (TPSA) is 69.6 Å². The van der Waals surface area contributed by atoms with Crippen LogP contribution in [0.1, 0.15) is 43.7 Å². The molecule has 1 saturated heterocycles. The number of amides is 2. The summed E-state index contributed by atoms with van der Waals surface area (Å²) >= 11 is 0. The van der Waals surface area contributed by atoms with Gasteiger partial charge in [-0.05, 0) is 43.4 Å². The summed E-state index contributed by atoms with van der Waals surface area (Å²) in [6.07, 6.45) is 2.75. The van der Waals surface area contributed by atoms with Gasteiger partial charge in [-0.3, -0.25) is 9.59 Å². The molecule has 0 aromatic heterocycles. The lowest BCUT2D eigenvalue weighted by Gasteiger charge is -2.29. The van der Waals surface area contributed by atoms with E-state index in [1.165, 1.54) is 12.1 Å². The molecule has 2 aliphatic rings. The van der Waals surface area contributed by atoms with E-state index >= 15 is 0 Å². The van der Waals surface area contributed by atoms with Gasteiger partial charge in [0.15, 0.2) is 0 Å². The molecule has 2 N–H and O–H groups in total. The van der Waals surface area contributed by atoms with E-state index in [0.29, 0.717) is 12.8 Å². The molecule has 5 nitrogen and oxygen atoms in total. The van der Waals surface area contributed by atoms with Crippen molar-refractivity contribution in [2.24, 2.45) is 0 Å². The molecular formula is C17H21FN2O3. The highest BCUT2D eigenvalue weighted by molar-refractivity contribution is 5.87. The van der Waals surface area contributed by atoms with Crippen LogP contribution >= 0.6 is 0 Å². The molecule has 2 fully saturated rings. The third-order valence-corrected chi connectivity index (χ3v) is 4.97. The second-order valence-electron chi connectivity index (χ2n) is 6.52. The fourth-order valence-corrected chi connectivity index (χ4v) is 3.60. The molecule has 1 aromatic carbocycles. The predicted molar refractivity (Wildman–Crippen MR) is 81.9 cm³/mol. The summed E-state index contributed by atoms with van der Waals surface area (Å²) in [5.41, 5.74) is -0.555. The van der Waals surface area contributed by atoms with E-state index < -0.39 is 17.6 Å². The van der Waals surface area contributed by atoms with Gasteiger partial charge in [0.1, 0.15) is 11.4 Å². The zero-order valence-electron chi connectivity index (χ0n) is 13.1. The van der Waals surface area contributed by atoms with Gasteiger partial charge in [0, 0.05) is 13.5 Å². The van der Waals surface area contributed by atoms with E-state index in [0.717, 1.165) is 18.4 Å². The Labute approximate surface area is 134 Å². The van der Waals surface area contributed by atoms with Crippen molar-refractivity contribution in [1.29, 1.82) is 0 Å². The maximum Gasteiger partial charge on any atom is 0.252 e. The number of benzene rings is 1. The minimum Gasteiger partial charge on any atom is -0.380 e. The number of nitrogens with one attached hydrogen (secondary N) is 1. The average Bonchev–Trinajstić information content (AvgIpc) is 3.07. The van der Waals surface area contributed by atoms with Crippen molar-refractivity contribution >= 4 is 11.8 Å². The number of nitrogens with zero attached hydrogens (tertiary/aromatic N) is 1. The monoisotopic (exact) mass is 320 g/mol. The predicted octanol–water partition coefficient (Wildman–Crippen LogP) is 1.52. The standard InChI is InChI=1S/C17H21FN2O3/c1-20-14(21)10-13(15(20)11-4-6-12(18)7-5-11)19-16(22)17(23)8-2-3-9-17/h4-7,13,15,23H,2-3,8-10H2,1H3,(H,19,22). The Balaban J connectivity index is 1.80. The molecule has 3 rings (SSSR count). The first-order chi connectivity index (χ1) is 10.9. The fraction of sp³-hybridized carbons (Fsp3) is 0.529. The molecule has 0 spiro atoms. The van der Waals surface area contributed by atoms with Crippen LogP contribution in [0.25, 0.3) is 0 Å². The fourth-order valence-electron chi connectivity index (χ4n) is 3.60. The number of hydrogen-bond donors (Lipinski definition) is 2. The Morgan fingerprint density at radius 3 is 2.52 bits per heavy atom. The lowest BCUT2D eigenvalue weighted by molar-refractivity contribution is -0.140. The summed E-state index contributed by atoms with van der Waals surface area (Å²) in [6, 6.07) is 5.16. The van der Waals surface area contributed by atoms with Gasteiger partial charge in [-0.2, -0.15) is 0 Å². The Morgan fingerprint density at radius 1 is 1.30 bits per heavy atom. The molecule has 2 amide bonds. The van der Waals surface area contributed by atoms with Crippen LogP contribution in [0, 0.1) is 5.82 Å². The first-order valence-electron chi connectivity index (χ1n) is 7.95. The SMILES string of the molecule is CN1C(=O)CC(NC(=O)C2(O)CCCC2)C1c1ccc(F)cc1. The van der Waals surface area contributed by atoms with Crippen LogP contribution in [0.3, 0.4) is 0 Å². The highest BCUT2D eigenvalue weighted by Crippen LogP contribution is 2.34. The van der Waals surface area contributed by atoms with Crippen LogP contribution in [0.2, 0.25) is 0 Å². The van der Waals surface area contributed by atoms with Crippen LogP contribution < -0.4 is 5.32 Å². The van der Waals surface area contributed by atoms with Gasteiger partial charge < -0.3 is 15.3 Å². The van der Waals surface area contributed by atoms with Gasteiger partial charge in [-0.15, -0.1) is 0 Å². The lowest BCUT2D eigenvalue weighted by Crippen LogP contribution is -2.50. The van der Waals surface area contributed by atoms with Crippen LogP contribution in [-0.2, 0) is 9.59 Å². The van der Waals surface area contributed by atoms with Crippen molar-refractivity contribution in [3.05, 3.63) is 35.6 Å². The zero-order chi connectivity index (χ0) is 16.6. The van der Waals surface area contributed by atoms with E-state index in [1.54, 1.807) is 24.1 Å². The molecule has 1 aromatic rings. The van der Waals surface area contributed by atoms with E-state index in [4.69, 9.17) is 0 Å². The second-order valence-corrected chi connectivity index (χ2v) is 6.52. The van der Waals surface area contributed by atoms with Crippen LogP contribution in [0.4, 0.5) is 4.39 Å². The maximum absolute atomic E-state index is 13.1. The van der Waals surface area contributed by atoms with Crippen LogP contribution in [-0.4, -0.2) is 40.5 Å². The minimum absolute atomic E-state index is 0.0805. The molecule has 6 heteroatoms. The summed E-state index contributed by atoms with van der Waals surface area (Å²) in [6.45, 7) is 0. The molecular weight excluding hydrogens is 299 g/mol. The molecule has 0 radical (unpaired) electrons. The van der Waals surface area contributed by atoms with Gasteiger partial charge in [0.25, 0.3) is 5.91 Å². The first kappa shape index (κ1) is 15.9. The average molecular weight is 320 g/mol. The number of likely N-dealkylation sites (tertiary alicyclic amines) is 1. The number of carbonyl (C=O) groups is 2. The molecule has 1 heterocycles. The molecule has 1 saturated carbocycles. The number of likely N-dealkylation sites (N-methyl/N-ethyl adjacent to an activating group) is 1. The highest BCUT2D eigenvalue weighted by atomic mass is 19.1. The van der Waals surface area contributed by atoms with Gasteiger partial charge in [-0.25, -0.2) is 4.39 Å². The van der Waals surface area contributed by atoms with Gasteiger partial charge in [0.2, 0.25) is 5.91 Å². The number of halogens is 1. The molecule has 23 heavy (non-hydrogen) atoms. The number of hydrogen-bond acceptors (Lipinski definition) is 3. The van der Waals surface area contributed by atoms with Crippen molar-refractivity contribution in [2.45, 2.75) is 49.8 Å². The van der Waals surface area contributed by atoms with Gasteiger partial charge >= 0.3 is 0 Å². The Bertz CT molecular complexity index is 611. The summed E-state index contributed by atoms with van der Waals surface area (Å²) in [4.78, 5) is 26.0. The molecule has 1 aliphatic heterocycles. The largest absolute Gasteiger partial charge is 0.380 e. The van der Waals surface area contributed by atoms with Crippen molar-refractivity contribution in [3.8, 4) is 0 Å². The lowest BCUT2D eigenvalue weighted by atomic mass is 9.97. The number of aliphatic hydroxyl groups is 1. The quantitative estimate of drug-likeness (QED) is 0.887. The highest BCUT2D eigenvalue weighted by Gasteiger charge is 2.44. The Hall–Kier alpha value is -1.95. The summed E-state index contributed by atoms with van der Waals surface area (Å²) in [5.74, 6) is -0.833. The minimum atomic E-state index is -1.32. The third kappa shape index (κ3) is 2.95. The van der Waals surface area contributed by atoms with Crippen LogP contribution in [0.15, 0.2) is 24.3 Å². The smallest absolute Gasteiger partial charge is 0.252 e. The Kier molecular flexibility index (Phi) is 4.10. The molecule has 0 bridgehead atoms. The van der Waals surface area contributed by atoms with E-state index in [2.05, 4.69) is 5.32 Å². The normalized spacial score (nSPS) is 26.6. The van der Waals surface area contributed by atoms with Crippen LogP contribution in [0.5, 0.6) is 0 Å². The van der Waals surface area contributed by atoms with Crippen molar-refractivity contribution in [1.82, 2.24) is 10.2 Å². The van der Waals surface area contributed by atoms with E-state index in [1.807, 2.05) is 0 Å². The zero-order valence-corrected chi connectivity index (χ0v) is 13.1. The number of rotatable bonds is 3. The molecule has 1 aliphatic carbocycles. The summed E-state index contributed by atoms with van der Waals surface area (Å²) < 4.78 is 13.1. The van der Waals surface area contributed by atoms with Crippen molar-refractivity contribution in [2.75, 3.05) is 7.05 Å². The Morgan fingerprint density at radius 2 is 1.91 bits per heavy atom. The summed E-state index contributed by atoms with van der Waals surface area (Å²) in [7, 11) is 1.67. The van der Waals surface area contributed by atoms with E-state index in [9.17, 15) is 19.1 Å². The van der Waals surface area contributed by atoms with Crippen molar-refractivity contribution in [3.63, 3.8) is 0 Å². The number of carbonyl (C=O) groups excluding carboxylic acids is 2. The first-order valence-corrected chi connectivity index (χ1v) is 7.95.